The van der Waals surface area contributed by atoms with Crippen molar-refractivity contribution in [3.05, 3.63) is 71.9 Å². The highest BCUT2D eigenvalue weighted by Crippen LogP contribution is 2.33. The Hall–Kier alpha value is -2.86. The second-order valence-corrected chi connectivity index (χ2v) is 10.1. The van der Waals surface area contributed by atoms with Crippen LogP contribution in [0.25, 0.3) is 5.76 Å². The van der Waals surface area contributed by atoms with Crippen molar-refractivity contribution in [3.8, 4) is 0 Å². The summed E-state index contributed by atoms with van der Waals surface area (Å²) in [7, 11) is -4.22. The molecule has 0 heterocycles. The van der Waals surface area contributed by atoms with E-state index in [1.54, 1.807) is 31.3 Å². The number of aliphatic hydroxyl groups excluding tert-OH is 1. The lowest BCUT2D eigenvalue weighted by Crippen LogP contribution is -2.54. The van der Waals surface area contributed by atoms with Crippen molar-refractivity contribution < 1.29 is 28.4 Å². The van der Waals surface area contributed by atoms with Gasteiger partial charge in [0.2, 0.25) is 15.9 Å². The summed E-state index contributed by atoms with van der Waals surface area (Å²) < 4.78 is 28.6. The molecule has 11 heteroatoms. The van der Waals surface area contributed by atoms with Gasteiger partial charge < -0.3 is 25.8 Å². The smallest absolute Gasteiger partial charge is 0.475 e. The van der Waals surface area contributed by atoms with Gasteiger partial charge in [-0.2, -0.15) is 4.72 Å². The van der Waals surface area contributed by atoms with Crippen LogP contribution in [0, 0.1) is 5.92 Å². The van der Waals surface area contributed by atoms with Crippen molar-refractivity contribution in [2.24, 2.45) is 5.92 Å². The van der Waals surface area contributed by atoms with Crippen LogP contribution in [0.1, 0.15) is 30.4 Å². The molecule has 0 spiro atoms. The van der Waals surface area contributed by atoms with E-state index in [2.05, 4.69) is 15.4 Å². The van der Waals surface area contributed by atoms with Gasteiger partial charge in [0.1, 0.15) is 11.8 Å². The Labute approximate surface area is 200 Å². The summed E-state index contributed by atoms with van der Waals surface area (Å²) in [5.74, 6) is -1.25. The molecule has 1 saturated carbocycles. The molecule has 0 radical (unpaired) electrons. The van der Waals surface area contributed by atoms with E-state index in [1.807, 2.05) is 6.07 Å². The first-order valence-corrected chi connectivity index (χ1v) is 12.6. The highest BCUT2D eigenvalue weighted by Gasteiger charge is 2.35. The molecule has 2 aromatic carbocycles. The molecule has 1 fully saturated rings. The molecular formula is C23H30BN3O6S. The molecule has 2 atom stereocenters. The summed E-state index contributed by atoms with van der Waals surface area (Å²) in [5.41, 5.74) is 1.16. The van der Waals surface area contributed by atoms with E-state index >= 15 is 0 Å². The number of hydrogen-bond donors (Lipinski definition) is 6. The van der Waals surface area contributed by atoms with Crippen LogP contribution in [0.3, 0.4) is 0 Å². The van der Waals surface area contributed by atoms with Crippen LogP contribution in [-0.4, -0.2) is 55.6 Å². The van der Waals surface area contributed by atoms with Crippen LogP contribution in [0.5, 0.6) is 0 Å². The summed E-state index contributed by atoms with van der Waals surface area (Å²) >= 11 is 0. The number of carbonyl (C=O) groups is 1. The number of nitrogens with one attached hydrogen (secondary N) is 3. The first kappa shape index (κ1) is 25.8. The van der Waals surface area contributed by atoms with E-state index in [9.17, 15) is 28.4 Å². The number of sulfonamides is 1. The lowest BCUT2D eigenvalue weighted by Gasteiger charge is -2.23. The summed E-state index contributed by atoms with van der Waals surface area (Å²) in [6.07, 6.45) is 3.80. The normalized spacial score (nSPS) is 15.9. The second-order valence-electron chi connectivity index (χ2n) is 8.41. The van der Waals surface area contributed by atoms with Gasteiger partial charge in [0.05, 0.1) is 10.8 Å². The maximum atomic E-state index is 13.1. The third-order valence-corrected chi connectivity index (χ3v) is 7.10. The first-order chi connectivity index (χ1) is 16.2. The van der Waals surface area contributed by atoms with Crippen LogP contribution in [0.15, 0.2) is 65.7 Å². The molecule has 0 saturated heterocycles. The van der Waals surface area contributed by atoms with Gasteiger partial charge >= 0.3 is 7.12 Å². The summed E-state index contributed by atoms with van der Waals surface area (Å²) in [5, 5.41) is 34.6. The SMILES string of the molecule is CN/C=C(\O)c1ccc(S(=O)(=O)N[C@@H](Cc2ccccc2)C(=O)N[C@@H](CC2CC2)B(O)O)cc1. The fourth-order valence-electron chi connectivity index (χ4n) is 3.57. The van der Waals surface area contributed by atoms with Gasteiger partial charge in [-0.15, -0.1) is 0 Å². The Kier molecular flexibility index (Phi) is 8.73. The minimum absolute atomic E-state index is 0.0509. The third kappa shape index (κ3) is 7.32. The van der Waals surface area contributed by atoms with Gasteiger partial charge in [-0.3, -0.25) is 4.79 Å². The van der Waals surface area contributed by atoms with Crippen LogP contribution in [0.2, 0.25) is 0 Å². The average molecular weight is 487 g/mol. The van der Waals surface area contributed by atoms with E-state index in [-0.39, 0.29) is 17.1 Å². The Morgan fingerprint density at radius 3 is 2.32 bits per heavy atom. The van der Waals surface area contributed by atoms with E-state index in [0.29, 0.717) is 17.9 Å². The van der Waals surface area contributed by atoms with Gasteiger partial charge in [0.25, 0.3) is 0 Å². The predicted molar refractivity (Wildman–Crippen MR) is 130 cm³/mol. The molecule has 9 nitrogen and oxygen atoms in total. The molecule has 34 heavy (non-hydrogen) atoms. The van der Waals surface area contributed by atoms with Crippen molar-refractivity contribution in [1.82, 2.24) is 15.4 Å². The minimum atomic E-state index is -4.10. The molecule has 3 rings (SSSR count). The van der Waals surface area contributed by atoms with Crippen LogP contribution in [-0.2, 0) is 21.2 Å². The van der Waals surface area contributed by atoms with Gasteiger partial charge in [-0.25, -0.2) is 8.42 Å². The van der Waals surface area contributed by atoms with Crippen LogP contribution in [0.4, 0.5) is 0 Å². The van der Waals surface area contributed by atoms with Gasteiger partial charge in [0.15, 0.2) is 0 Å². The summed E-state index contributed by atoms with van der Waals surface area (Å²) in [6, 6.07) is 13.4. The average Bonchev–Trinajstić information content (AvgIpc) is 3.63. The Balaban J connectivity index is 1.80. The van der Waals surface area contributed by atoms with Gasteiger partial charge in [0, 0.05) is 18.8 Å². The maximum Gasteiger partial charge on any atom is 0.475 e. The standard InChI is InChI=1S/C23H30BN3O6S/c1-25-15-21(28)18-9-11-19(12-10-18)34(32,33)27-20(13-16-5-3-2-4-6-16)23(29)26-22(24(30)31)14-17-7-8-17/h2-6,9-12,15,17,20,22,25,27-28,30-31H,7-8,13-14H2,1H3,(H,26,29)/b21-15-/t20-,22-/m0/s1. The first-order valence-electron chi connectivity index (χ1n) is 11.1. The van der Waals surface area contributed by atoms with Crippen molar-refractivity contribution in [2.45, 2.75) is 42.6 Å². The molecule has 0 aliphatic heterocycles. The van der Waals surface area contributed by atoms with Gasteiger partial charge in [-0.05, 0) is 48.6 Å². The minimum Gasteiger partial charge on any atom is -0.506 e. The number of carbonyl (C=O) groups excluding carboxylic acids is 1. The molecule has 0 bridgehead atoms. The highest BCUT2D eigenvalue weighted by molar-refractivity contribution is 7.89. The zero-order valence-electron chi connectivity index (χ0n) is 18.9. The van der Waals surface area contributed by atoms with E-state index in [1.165, 1.54) is 30.5 Å². The maximum absolute atomic E-state index is 13.1. The van der Waals surface area contributed by atoms with Crippen molar-refractivity contribution in [2.75, 3.05) is 7.05 Å². The second kappa shape index (κ2) is 11.5. The molecule has 0 unspecified atom stereocenters. The number of rotatable bonds is 12. The van der Waals surface area contributed by atoms with E-state index in [0.717, 1.165) is 18.4 Å². The Morgan fingerprint density at radius 2 is 1.76 bits per heavy atom. The number of aliphatic hydroxyl groups is 1. The number of benzene rings is 2. The lowest BCUT2D eigenvalue weighted by molar-refractivity contribution is -0.123. The van der Waals surface area contributed by atoms with Crippen molar-refractivity contribution in [1.29, 1.82) is 0 Å². The quantitative estimate of drug-likeness (QED) is 0.193. The molecule has 2 aromatic rings. The number of amides is 1. The fraction of sp³-hybridized carbons (Fsp3) is 0.348. The molecule has 1 aliphatic carbocycles. The molecule has 182 valence electrons. The highest BCUT2D eigenvalue weighted by atomic mass is 32.2. The molecule has 0 aromatic heterocycles. The van der Waals surface area contributed by atoms with Crippen LogP contribution < -0.4 is 15.4 Å². The Morgan fingerprint density at radius 1 is 1.12 bits per heavy atom. The predicted octanol–water partition coefficient (Wildman–Crippen LogP) is 0.949. The van der Waals surface area contributed by atoms with Crippen molar-refractivity contribution >= 4 is 28.8 Å². The summed E-state index contributed by atoms with van der Waals surface area (Å²) in [4.78, 5) is 13.0. The van der Waals surface area contributed by atoms with Gasteiger partial charge in [-0.1, -0.05) is 43.2 Å². The molecule has 6 N–H and O–H groups in total. The molecule has 1 amide bonds. The van der Waals surface area contributed by atoms with E-state index < -0.39 is 35.0 Å². The lowest BCUT2D eigenvalue weighted by atomic mass is 9.76. The third-order valence-electron chi connectivity index (χ3n) is 5.61. The van der Waals surface area contributed by atoms with E-state index in [4.69, 9.17) is 0 Å². The van der Waals surface area contributed by atoms with Crippen molar-refractivity contribution in [3.63, 3.8) is 0 Å². The zero-order chi connectivity index (χ0) is 24.7. The zero-order valence-corrected chi connectivity index (χ0v) is 19.7. The topological polar surface area (TPSA) is 148 Å². The molecule has 1 aliphatic rings. The largest absolute Gasteiger partial charge is 0.506 e. The Bertz CT molecular complexity index is 1090. The fourth-order valence-corrected chi connectivity index (χ4v) is 4.76. The van der Waals surface area contributed by atoms with Crippen LogP contribution >= 0.6 is 0 Å². The monoisotopic (exact) mass is 487 g/mol. The summed E-state index contributed by atoms with van der Waals surface area (Å²) in [6.45, 7) is 0. The molecular weight excluding hydrogens is 457 g/mol. The number of hydrogen-bond acceptors (Lipinski definition) is 7.